The summed E-state index contributed by atoms with van der Waals surface area (Å²) in [6.07, 6.45) is 28.5. The number of thioether (sulfide) groups is 2. The van der Waals surface area contributed by atoms with Gasteiger partial charge in [-0.25, -0.2) is 0 Å². The van der Waals surface area contributed by atoms with Gasteiger partial charge in [-0.3, -0.25) is 4.79 Å². The molecule has 7 rings (SSSR count). The summed E-state index contributed by atoms with van der Waals surface area (Å²) in [5.41, 5.74) is 6.22. The van der Waals surface area contributed by atoms with Gasteiger partial charge in [0, 0.05) is 15.5 Å². The second kappa shape index (κ2) is 20.1. The van der Waals surface area contributed by atoms with E-state index in [1.54, 1.807) is 49.2 Å². The molecular weight excluding hydrogens is 695 g/mol. The molecule has 1 N–H and O–H groups in total. The highest BCUT2D eigenvalue weighted by Crippen LogP contribution is 2.56. The highest BCUT2D eigenvalue weighted by molar-refractivity contribution is 8.24. The van der Waals surface area contributed by atoms with Crippen LogP contribution < -0.4 is 5.32 Å². The van der Waals surface area contributed by atoms with Crippen molar-refractivity contribution in [2.24, 2.45) is 41.4 Å². The SMILES string of the molecule is C=CCc1ccc(CC(=C)C2CCC(C3CCCCC3)CC2)c2c1S/C(=C(\C(=C)C)C(=O)Nc1ccccc1)S2.CC1CCC(C2CCC(C)CC2)CC1. The molecule has 0 aromatic heterocycles. The Balaban J connectivity index is 0.000000297. The van der Waals surface area contributed by atoms with Crippen molar-refractivity contribution < 1.29 is 4.79 Å². The maximum absolute atomic E-state index is 13.4. The third-order valence-corrected chi connectivity index (χ3v) is 16.5. The Kier molecular flexibility index (Phi) is 15.4. The molecule has 1 heterocycles. The standard InChI is InChI=1S/C36H43NOS2.C14H26/c1-5-12-29-21-22-30(23-25(4)26-17-19-28(20-18-26)27-13-8-6-9-14-27)34-33(29)39-36(40-34)32(24(2)3)35(38)37-31-15-10-7-11-16-31;1-11-3-7-13(8-4-11)14-9-5-12(2)6-10-14/h5,7,10-11,15-16,21-22,26-28H,1-2,4,6,8-9,12-14,17-20,23H2,3H3,(H,37,38);11-14H,3-10H2,1-2H3/b36-32-;. The van der Waals surface area contributed by atoms with Gasteiger partial charge in [0.05, 0.1) is 9.81 Å². The first-order valence-corrected chi connectivity index (χ1v) is 23.4. The van der Waals surface area contributed by atoms with Crippen LogP contribution in [0.15, 0.2) is 99.0 Å². The van der Waals surface area contributed by atoms with Crippen LogP contribution >= 0.6 is 23.5 Å². The molecule has 5 aliphatic rings. The molecule has 0 atom stereocenters. The Morgan fingerprint density at radius 1 is 0.685 bits per heavy atom. The summed E-state index contributed by atoms with van der Waals surface area (Å²) in [7, 11) is 0. The quantitative estimate of drug-likeness (QED) is 0.193. The third kappa shape index (κ3) is 10.9. The first-order valence-electron chi connectivity index (χ1n) is 21.8. The van der Waals surface area contributed by atoms with E-state index >= 15 is 0 Å². The Morgan fingerprint density at radius 2 is 1.19 bits per heavy atom. The van der Waals surface area contributed by atoms with Crippen molar-refractivity contribution in [1.82, 2.24) is 0 Å². The number of carbonyl (C=O) groups excluding carboxylic acids is 1. The van der Waals surface area contributed by atoms with Gasteiger partial charge in [0.15, 0.2) is 0 Å². The number of hydrogen-bond acceptors (Lipinski definition) is 3. The molecule has 1 amide bonds. The predicted octanol–water partition coefficient (Wildman–Crippen LogP) is 15.2. The van der Waals surface area contributed by atoms with Gasteiger partial charge < -0.3 is 5.32 Å². The number of carbonyl (C=O) groups is 1. The van der Waals surface area contributed by atoms with E-state index in [0.717, 1.165) is 63.8 Å². The maximum Gasteiger partial charge on any atom is 0.257 e. The molecule has 0 spiro atoms. The van der Waals surface area contributed by atoms with Crippen molar-refractivity contribution in [3.63, 3.8) is 0 Å². The Labute approximate surface area is 338 Å². The van der Waals surface area contributed by atoms with Crippen LogP contribution in [0.25, 0.3) is 0 Å². The van der Waals surface area contributed by atoms with Crippen LogP contribution in [0, 0.1) is 41.4 Å². The highest BCUT2D eigenvalue weighted by Gasteiger charge is 2.32. The molecule has 4 heteroatoms. The molecule has 2 aromatic rings. The summed E-state index contributed by atoms with van der Waals surface area (Å²) in [6, 6.07) is 14.2. The lowest BCUT2D eigenvalue weighted by Gasteiger charge is -2.36. The van der Waals surface area contributed by atoms with E-state index in [9.17, 15) is 4.79 Å². The van der Waals surface area contributed by atoms with Gasteiger partial charge >= 0.3 is 0 Å². The van der Waals surface area contributed by atoms with Crippen LogP contribution in [0.2, 0.25) is 0 Å². The molecule has 2 nitrogen and oxygen atoms in total. The van der Waals surface area contributed by atoms with E-state index in [1.807, 2.05) is 43.3 Å². The average molecular weight is 764 g/mol. The molecule has 0 saturated heterocycles. The number of rotatable bonds is 10. The van der Waals surface area contributed by atoms with Crippen molar-refractivity contribution >= 4 is 35.1 Å². The molecule has 4 saturated carbocycles. The lowest BCUT2D eigenvalue weighted by atomic mass is 9.69. The first kappa shape index (κ1) is 41.2. The summed E-state index contributed by atoms with van der Waals surface area (Å²) in [5, 5.41) is 3.07. The molecule has 1 aliphatic heterocycles. The smallest absolute Gasteiger partial charge is 0.257 e. The minimum absolute atomic E-state index is 0.104. The fourth-order valence-corrected chi connectivity index (χ4v) is 13.3. The van der Waals surface area contributed by atoms with Gasteiger partial charge in [-0.2, -0.15) is 0 Å². The number of allylic oxidation sites excluding steroid dienone is 2. The van der Waals surface area contributed by atoms with Gasteiger partial charge in [0.1, 0.15) is 0 Å². The zero-order chi connectivity index (χ0) is 38.0. The van der Waals surface area contributed by atoms with E-state index in [4.69, 9.17) is 0 Å². The van der Waals surface area contributed by atoms with Crippen LogP contribution in [0.4, 0.5) is 5.69 Å². The molecule has 0 unspecified atom stereocenters. The highest BCUT2D eigenvalue weighted by atomic mass is 32.2. The number of benzene rings is 2. The van der Waals surface area contributed by atoms with Crippen molar-refractivity contribution in [2.45, 2.75) is 153 Å². The van der Waals surface area contributed by atoms with Crippen molar-refractivity contribution in [3.05, 3.63) is 100 Å². The Hall–Kier alpha value is -2.43. The lowest BCUT2D eigenvalue weighted by Crippen LogP contribution is -2.24. The summed E-state index contributed by atoms with van der Waals surface area (Å²) in [4.78, 5) is 16.0. The van der Waals surface area contributed by atoms with Crippen LogP contribution in [0.5, 0.6) is 0 Å². The molecule has 4 fully saturated rings. The summed E-state index contributed by atoms with van der Waals surface area (Å²) in [6.45, 7) is 19.6. The number of amides is 1. The van der Waals surface area contributed by atoms with Gasteiger partial charge in [0.25, 0.3) is 5.91 Å². The summed E-state index contributed by atoms with van der Waals surface area (Å²) in [5.74, 6) is 6.70. The van der Waals surface area contributed by atoms with Gasteiger partial charge in [-0.15, -0.1) is 6.58 Å². The number of fused-ring (bicyclic) bond motifs is 1. The van der Waals surface area contributed by atoms with E-state index in [2.05, 4.69) is 51.0 Å². The zero-order valence-corrected chi connectivity index (χ0v) is 35.6. The van der Waals surface area contributed by atoms with Crippen LogP contribution in [-0.4, -0.2) is 5.91 Å². The molecular formula is C50H69NOS2. The van der Waals surface area contributed by atoms with E-state index in [0.29, 0.717) is 11.5 Å². The zero-order valence-electron chi connectivity index (χ0n) is 33.9. The molecule has 0 radical (unpaired) electrons. The number of nitrogens with one attached hydrogen (secondary N) is 1. The predicted molar refractivity (Wildman–Crippen MR) is 236 cm³/mol. The number of para-hydroxylation sites is 1. The molecule has 292 valence electrons. The van der Waals surface area contributed by atoms with Crippen molar-refractivity contribution in [2.75, 3.05) is 5.32 Å². The normalized spacial score (nSPS) is 28.2. The van der Waals surface area contributed by atoms with E-state index in [1.165, 1.54) is 110 Å². The van der Waals surface area contributed by atoms with E-state index in [-0.39, 0.29) is 5.91 Å². The minimum Gasteiger partial charge on any atom is -0.322 e. The fourth-order valence-electron chi connectivity index (χ4n) is 10.3. The summed E-state index contributed by atoms with van der Waals surface area (Å²) < 4.78 is 1.01. The van der Waals surface area contributed by atoms with Crippen LogP contribution in [0.1, 0.15) is 141 Å². The third-order valence-electron chi connectivity index (χ3n) is 13.8. The van der Waals surface area contributed by atoms with Gasteiger partial charge in [0.2, 0.25) is 0 Å². The molecule has 54 heavy (non-hydrogen) atoms. The van der Waals surface area contributed by atoms with Crippen LogP contribution in [0.3, 0.4) is 0 Å². The largest absolute Gasteiger partial charge is 0.322 e. The molecule has 0 bridgehead atoms. The second-order valence-corrected chi connectivity index (χ2v) is 20.2. The number of anilines is 1. The van der Waals surface area contributed by atoms with E-state index < -0.39 is 0 Å². The van der Waals surface area contributed by atoms with Crippen molar-refractivity contribution in [1.29, 1.82) is 0 Å². The lowest BCUT2D eigenvalue weighted by molar-refractivity contribution is -0.112. The average Bonchev–Trinajstić information content (AvgIpc) is 3.63. The first-order chi connectivity index (χ1) is 26.2. The topological polar surface area (TPSA) is 29.1 Å². The number of hydrogen-bond donors (Lipinski definition) is 1. The Morgan fingerprint density at radius 3 is 1.72 bits per heavy atom. The Bertz CT molecular complexity index is 1590. The van der Waals surface area contributed by atoms with Crippen molar-refractivity contribution in [3.8, 4) is 0 Å². The van der Waals surface area contributed by atoms with Gasteiger partial charge in [-0.05, 0) is 141 Å². The summed E-state index contributed by atoms with van der Waals surface area (Å²) >= 11 is 3.45. The molecule has 2 aromatic carbocycles. The second-order valence-electron chi connectivity index (χ2n) is 17.9. The van der Waals surface area contributed by atoms with Gasteiger partial charge in [-0.1, -0.05) is 150 Å². The minimum atomic E-state index is -0.104. The molecule has 4 aliphatic carbocycles. The maximum atomic E-state index is 13.4. The van der Waals surface area contributed by atoms with Crippen LogP contribution in [-0.2, 0) is 17.6 Å². The monoisotopic (exact) mass is 763 g/mol. The fraction of sp³-hybridized carbons (Fsp3) is 0.580.